The van der Waals surface area contributed by atoms with Gasteiger partial charge in [-0.05, 0) is 37.2 Å². The van der Waals surface area contributed by atoms with Crippen molar-refractivity contribution in [1.29, 1.82) is 5.26 Å². The van der Waals surface area contributed by atoms with Gasteiger partial charge in [0.15, 0.2) is 11.3 Å². The molecule has 5 rings (SSSR count). The highest BCUT2D eigenvalue weighted by atomic mass is 15.1. The van der Waals surface area contributed by atoms with Crippen molar-refractivity contribution in [3.8, 4) is 6.07 Å². The Kier molecular flexibility index (Phi) is 4.05. The maximum absolute atomic E-state index is 8.90. The molecule has 1 aliphatic rings. The standard InChI is InChI=1S/C21H21N7/c1-2-14-5-13(6-15-9-25-16(8-22)10-24-15)7-18(14)21-27-12-17-11-26-20-19(28(17)21)3-4-23-20/h3-4,9-14,18,23H,2,5-7H2,1H3/t13-,14-,18+/m1/s1. The van der Waals surface area contributed by atoms with E-state index in [0.29, 0.717) is 23.4 Å². The smallest absolute Gasteiger partial charge is 0.158 e. The van der Waals surface area contributed by atoms with Crippen molar-refractivity contribution < 1.29 is 0 Å². The van der Waals surface area contributed by atoms with E-state index < -0.39 is 0 Å². The zero-order valence-corrected chi connectivity index (χ0v) is 15.7. The van der Waals surface area contributed by atoms with E-state index in [-0.39, 0.29) is 0 Å². The fraction of sp³-hybridized carbons (Fsp3) is 0.381. The summed E-state index contributed by atoms with van der Waals surface area (Å²) in [7, 11) is 0. The molecule has 140 valence electrons. The number of nitrogens with one attached hydrogen (secondary N) is 1. The summed E-state index contributed by atoms with van der Waals surface area (Å²) in [5.41, 5.74) is 4.35. The summed E-state index contributed by atoms with van der Waals surface area (Å²) < 4.78 is 2.26. The van der Waals surface area contributed by atoms with E-state index >= 15 is 0 Å². The molecule has 0 unspecified atom stereocenters. The average Bonchev–Trinajstić information content (AvgIpc) is 3.45. The number of aromatic nitrogens is 6. The maximum Gasteiger partial charge on any atom is 0.158 e. The van der Waals surface area contributed by atoms with Crippen molar-refractivity contribution in [2.45, 2.75) is 38.5 Å². The molecule has 0 saturated heterocycles. The SMILES string of the molecule is CC[C@@H]1C[C@H](Cc2cnc(C#N)cn2)C[C@@H]1c1ncc2cnc3[nH]ccc3n12. The molecule has 0 spiro atoms. The molecule has 28 heavy (non-hydrogen) atoms. The largest absolute Gasteiger partial charge is 0.345 e. The first-order valence-corrected chi connectivity index (χ1v) is 9.77. The predicted molar refractivity (Wildman–Crippen MR) is 105 cm³/mol. The van der Waals surface area contributed by atoms with Gasteiger partial charge in [-0.15, -0.1) is 0 Å². The Hall–Kier alpha value is -3.27. The second-order valence-electron chi connectivity index (χ2n) is 7.67. The molecule has 4 aromatic rings. The van der Waals surface area contributed by atoms with Crippen LogP contribution >= 0.6 is 0 Å². The molecule has 1 fully saturated rings. The van der Waals surface area contributed by atoms with Crippen LogP contribution in [0.4, 0.5) is 0 Å². The topological polar surface area (TPSA) is 95.5 Å². The predicted octanol–water partition coefficient (Wildman–Crippen LogP) is 3.63. The summed E-state index contributed by atoms with van der Waals surface area (Å²) in [6.07, 6.45) is 13.3. The molecule has 4 heterocycles. The van der Waals surface area contributed by atoms with E-state index in [1.54, 1.807) is 12.4 Å². The van der Waals surface area contributed by atoms with Gasteiger partial charge in [0.25, 0.3) is 0 Å². The minimum absolute atomic E-state index is 0.368. The summed E-state index contributed by atoms with van der Waals surface area (Å²) in [6.45, 7) is 2.27. The third-order valence-electron chi connectivity index (χ3n) is 6.05. The van der Waals surface area contributed by atoms with E-state index in [9.17, 15) is 0 Å². The summed E-state index contributed by atoms with van der Waals surface area (Å²) >= 11 is 0. The van der Waals surface area contributed by atoms with Crippen LogP contribution in [0.15, 0.2) is 37.1 Å². The van der Waals surface area contributed by atoms with E-state index in [4.69, 9.17) is 10.2 Å². The number of nitrogens with zero attached hydrogens (tertiary/aromatic N) is 6. The molecule has 3 atom stereocenters. The third-order valence-corrected chi connectivity index (χ3v) is 6.05. The molecule has 1 saturated carbocycles. The van der Waals surface area contributed by atoms with E-state index in [0.717, 1.165) is 47.5 Å². The minimum Gasteiger partial charge on any atom is -0.345 e. The average molecular weight is 371 g/mol. The number of nitriles is 1. The lowest BCUT2D eigenvalue weighted by Gasteiger charge is -2.17. The van der Waals surface area contributed by atoms with Crippen LogP contribution in [0, 0.1) is 23.2 Å². The highest BCUT2D eigenvalue weighted by molar-refractivity contribution is 5.75. The van der Waals surface area contributed by atoms with Gasteiger partial charge in [0.2, 0.25) is 0 Å². The van der Waals surface area contributed by atoms with Gasteiger partial charge < -0.3 is 4.98 Å². The number of hydrogen-bond donors (Lipinski definition) is 1. The Morgan fingerprint density at radius 1 is 1.14 bits per heavy atom. The molecule has 1 N–H and O–H groups in total. The fourth-order valence-electron chi connectivity index (χ4n) is 4.75. The summed E-state index contributed by atoms with van der Waals surface area (Å²) in [5.74, 6) is 2.71. The zero-order chi connectivity index (χ0) is 19.1. The van der Waals surface area contributed by atoms with Crippen LogP contribution < -0.4 is 0 Å². The van der Waals surface area contributed by atoms with Crippen molar-refractivity contribution in [2.75, 3.05) is 0 Å². The van der Waals surface area contributed by atoms with Gasteiger partial charge in [0.1, 0.15) is 11.9 Å². The molecule has 4 aromatic heterocycles. The van der Waals surface area contributed by atoms with Gasteiger partial charge in [-0.2, -0.15) is 5.26 Å². The van der Waals surface area contributed by atoms with Gasteiger partial charge >= 0.3 is 0 Å². The van der Waals surface area contributed by atoms with Crippen molar-refractivity contribution in [3.63, 3.8) is 0 Å². The van der Waals surface area contributed by atoms with Gasteiger partial charge in [0, 0.05) is 18.3 Å². The zero-order valence-electron chi connectivity index (χ0n) is 15.7. The quantitative estimate of drug-likeness (QED) is 0.591. The van der Waals surface area contributed by atoms with Crippen molar-refractivity contribution in [1.82, 2.24) is 29.3 Å². The van der Waals surface area contributed by atoms with Gasteiger partial charge in [-0.3, -0.25) is 9.38 Å². The van der Waals surface area contributed by atoms with Gasteiger partial charge in [-0.25, -0.2) is 15.0 Å². The summed E-state index contributed by atoms with van der Waals surface area (Å²) in [5, 5.41) is 8.90. The number of imidazole rings is 1. The number of hydrogen-bond acceptors (Lipinski definition) is 5. The normalized spacial score (nSPS) is 22.1. The number of rotatable bonds is 4. The van der Waals surface area contributed by atoms with Crippen LogP contribution in [0.1, 0.15) is 49.3 Å². The molecule has 0 amide bonds. The van der Waals surface area contributed by atoms with Crippen LogP contribution in [0.25, 0.3) is 16.7 Å². The second-order valence-corrected chi connectivity index (χ2v) is 7.67. The summed E-state index contributed by atoms with van der Waals surface area (Å²) in [6, 6.07) is 4.10. The fourth-order valence-corrected chi connectivity index (χ4v) is 4.75. The molecule has 7 nitrogen and oxygen atoms in total. The maximum atomic E-state index is 8.90. The molecule has 1 aliphatic carbocycles. The van der Waals surface area contributed by atoms with Gasteiger partial charge in [-0.1, -0.05) is 13.3 Å². The molecule has 0 radical (unpaired) electrons. The lowest BCUT2D eigenvalue weighted by molar-refractivity contribution is 0.444. The first kappa shape index (κ1) is 16.9. The molecule has 0 aliphatic heterocycles. The van der Waals surface area contributed by atoms with Crippen molar-refractivity contribution in [2.24, 2.45) is 11.8 Å². The summed E-state index contributed by atoms with van der Waals surface area (Å²) in [4.78, 5) is 21.1. The Balaban J connectivity index is 1.46. The molecule has 0 bridgehead atoms. The number of aromatic amines is 1. The van der Waals surface area contributed by atoms with E-state index in [1.165, 1.54) is 6.42 Å². The number of H-pyrrole nitrogens is 1. The first-order chi connectivity index (χ1) is 13.8. The Bertz CT molecular complexity index is 1170. The molecular formula is C21H21N7. The van der Waals surface area contributed by atoms with Crippen LogP contribution in [-0.4, -0.2) is 29.3 Å². The van der Waals surface area contributed by atoms with Crippen LogP contribution in [0.5, 0.6) is 0 Å². The minimum atomic E-state index is 0.368. The Morgan fingerprint density at radius 2 is 2.04 bits per heavy atom. The number of fused-ring (bicyclic) bond motifs is 3. The van der Waals surface area contributed by atoms with E-state index in [1.807, 2.05) is 24.7 Å². The second kappa shape index (κ2) is 6.71. The van der Waals surface area contributed by atoms with E-state index in [2.05, 4.69) is 37.3 Å². The highest BCUT2D eigenvalue weighted by Gasteiger charge is 2.36. The molecule has 7 heteroatoms. The molecular weight excluding hydrogens is 350 g/mol. The van der Waals surface area contributed by atoms with Crippen LogP contribution in [0.2, 0.25) is 0 Å². The van der Waals surface area contributed by atoms with Gasteiger partial charge in [0.05, 0.1) is 35.3 Å². The Morgan fingerprint density at radius 3 is 2.82 bits per heavy atom. The van der Waals surface area contributed by atoms with Crippen molar-refractivity contribution >= 4 is 16.7 Å². The lowest BCUT2D eigenvalue weighted by Crippen LogP contribution is -2.09. The van der Waals surface area contributed by atoms with Crippen LogP contribution in [0.3, 0.4) is 0 Å². The highest BCUT2D eigenvalue weighted by Crippen LogP contribution is 2.45. The lowest BCUT2D eigenvalue weighted by atomic mass is 9.93. The van der Waals surface area contributed by atoms with Crippen molar-refractivity contribution in [3.05, 3.63) is 54.3 Å². The first-order valence-electron chi connectivity index (χ1n) is 9.77. The third kappa shape index (κ3) is 2.73. The monoisotopic (exact) mass is 371 g/mol. The van der Waals surface area contributed by atoms with Crippen LogP contribution in [-0.2, 0) is 6.42 Å². The Labute approximate surface area is 162 Å². The molecule has 0 aromatic carbocycles.